The van der Waals surface area contributed by atoms with E-state index < -0.39 is 6.10 Å². The maximum atomic E-state index is 11.8. The normalized spacial score (nSPS) is 15.5. The van der Waals surface area contributed by atoms with Crippen molar-refractivity contribution in [3.05, 3.63) is 36.5 Å². The van der Waals surface area contributed by atoms with Crippen LogP contribution in [0.25, 0.3) is 0 Å². The number of rotatable bonds is 12. The topological polar surface area (TPSA) is 64.6 Å². The average molecular weight is 351 g/mol. The highest BCUT2D eigenvalue weighted by Gasteiger charge is 2.16. The van der Waals surface area contributed by atoms with Crippen LogP contribution in [0.3, 0.4) is 0 Å². The minimum absolute atomic E-state index is 0.122. The first-order chi connectivity index (χ1) is 11.8. The van der Waals surface area contributed by atoms with E-state index in [2.05, 4.69) is 24.9 Å². The molecule has 0 spiro atoms. The Morgan fingerprint density at radius 1 is 1.24 bits per heavy atom. The second-order valence-electron chi connectivity index (χ2n) is 6.11. The quantitative estimate of drug-likeness (QED) is 0.332. The Morgan fingerprint density at radius 3 is 2.48 bits per heavy atom. The molecule has 1 amide bonds. The van der Waals surface area contributed by atoms with Crippen LogP contribution < -0.4 is 5.32 Å². The van der Waals surface area contributed by atoms with E-state index in [0.717, 1.165) is 18.4 Å². The van der Waals surface area contributed by atoms with E-state index in [-0.39, 0.29) is 18.0 Å². The van der Waals surface area contributed by atoms with Gasteiger partial charge >= 0.3 is 5.97 Å². The average Bonchev–Trinajstić information content (AvgIpc) is 2.55. The lowest BCUT2D eigenvalue weighted by molar-refractivity contribution is -0.143. The highest BCUT2D eigenvalue weighted by Crippen LogP contribution is 2.16. The molecule has 5 nitrogen and oxygen atoms in total. The van der Waals surface area contributed by atoms with Crippen LogP contribution in [0.2, 0.25) is 0 Å². The Hall–Kier alpha value is -1.88. The van der Waals surface area contributed by atoms with Crippen molar-refractivity contribution in [1.82, 2.24) is 5.32 Å². The summed E-state index contributed by atoms with van der Waals surface area (Å²) < 4.78 is 10.7. The van der Waals surface area contributed by atoms with Crippen LogP contribution >= 0.6 is 0 Å². The Morgan fingerprint density at radius 2 is 1.92 bits per heavy atom. The second-order valence-corrected chi connectivity index (χ2v) is 6.11. The molecule has 0 fully saturated rings. The fourth-order valence-electron chi connectivity index (χ4n) is 2.26. The van der Waals surface area contributed by atoms with Crippen molar-refractivity contribution < 1.29 is 19.1 Å². The van der Waals surface area contributed by atoms with Gasteiger partial charge in [0.1, 0.15) is 6.10 Å². The molecule has 0 heterocycles. The molecule has 0 saturated carbocycles. The van der Waals surface area contributed by atoms with Gasteiger partial charge in [-0.05, 0) is 45.6 Å². The Labute approximate surface area is 152 Å². The van der Waals surface area contributed by atoms with E-state index in [0.29, 0.717) is 19.1 Å². The van der Waals surface area contributed by atoms with E-state index in [1.54, 1.807) is 13.0 Å². The van der Waals surface area contributed by atoms with Crippen molar-refractivity contribution in [3.63, 3.8) is 0 Å². The van der Waals surface area contributed by atoms with E-state index in [9.17, 15) is 9.59 Å². The van der Waals surface area contributed by atoms with Gasteiger partial charge in [-0.3, -0.25) is 9.59 Å². The van der Waals surface area contributed by atoms with Crippen LogP contribution in [0, 0.1) is 5.92 Å². The predicted octanol–water partition coefficient (Wildman–Crippen LogP) is 3.56. The fourth-order valence-corrected chi connectivity index (χ4v) is 2.26. The maximum absolute atomic E-state index is 11.8. The predicted molar refractivity (Wildman–Crippen MR) is 101 cm³/mol. The highest BCUT2D eigenvalue weighted by molar-refractivity contribution is 5.87. The van der Waals surface area contributed by atoms with Crippen LogP contribution in [-0.2, 0) is 19.1 Å². The third-order valence-corrected chi connectivity index (χ3v) is 3.78. The summed E-state index contributed by atoms with van der Waals surface area (Å²) >= 11 is 0. The molecule has 0 aliphatic rings. The van der Waals surface area contributed by atoms with Crippen molar-refractivity contribution in [2.45, 2.75) is 59.7 Å². The number of esters is 1. The molecular formula is C20H33NO4. The molecule has 0 rings (SSSR count). The van der Waals surface area contributed by atoms with Gasteiger partial charge in [-0.25, -0.2) is 0 Å². The summed E-state index contributed by atoms with van der Waals surface area (Å²) in [5.41, 5.74) is 1.14. The number of hydrogen-bond acceptors (Lipinski definition) is 4. The van der Waals surface area contributed by atoms with Gasteiger partial charge in [-0.15, -0.1) is 0 Å². The third-order valence-electron chi connectivity index (χ3n) is 3.78. The number of ether oxygens (including phenoxy) is 2. The summed E-state index contributed by atoms with van der Waals surface area (Å²) in [4.78, 5) is 22.6. The zero-order valence-electron chi connectivity index (χ0n) is 16.2. The first kappa shape index (κ1) is 23.1. The highest BCUT2D eigenvalue weighted by atomic mass is 16.5. The SMILES string of the molecule is C=C/C(C)=C/C[C@H](OCC)[C@@H](C)CCNC(=O)/C=C\[C@H](C)OC(C)=O. The fraction of sp³-hybridized carbons (Fsp3) is 0.600. The van der Waals surface area contributed by atoms with Gasteiger partial charge in [0, 0.05) is 26.2 Å². The minimum atomic E-state index is -0.413. The van der Waals surface area contributed by atoms with Gasteiger partial charge in [0.25, 0.3) is 0 Å². The number of hydrogen-bond donors (Lipinski definition) is 1. The molecule has 5 heteroatoms. The third kappa shape index (κ3) is 12.2. The summed E-state index contributed by atoms with van der Waals surface area (Å²) in [7, 11) is 0. The van der Waals surface area contributed by atoms with Crippen molar-refractivity contribution >= 4 is 11.9 Å². The van der Waals surface area contributed by atoms with Crippen molar-refractivity contribution in [2.75, 3.05) is 13.2 Å². The molecule has 1 N–H and O–H groups in total. The lowest BCUT2D eigenvalue weighted by Gasteiger charge is -2.23. The van der Waals surface area contributed by atoms with Gasteiger partial charge in [0.05, 0.1) is 6.10 Å². The van der Waals surface area contributed by atoms with Crippen molar-refractivity contribution in [2.24, 2.45) is 5.92 Å². The molecule has 0 aliphatic carbocycles. The largest absolute Gasteiger partial charge is 0.459 e. The molecule has 0 aromatic heterocycles. The lowest BCUT2D eigenvalue weighted by Crippen LogP contribution is -2.28. The molecule has 3 atom stereocenters. The standard InChI is InChI=1S/C20H33NO4/c1-7-15(3)9-11-19(24-8-2)16(4)13-14-21-20(23)12-10-17(5)25-18(6)22/h7,9-10,12,16-17,19H,1,8,11,13-14H2,2-6H3,(H,21,23)/b12-10-,15-9+/t16-,17-,19-/m0/s1. The summed E-state index contributed by atoms with van der Waals surface area (Å²) in [6.45, 7) is 14.2. The zero-order valence-corrected chi connectivity index (χ0v) is 16.2. The van der Waals surface area contributed by atoms with Crippen LogP contribution in [0.4, 0.5) is 0 Å². The maximum Gasteiger partial charge on any atom is 0.303 e. The molecule has 0 aliphatic heterocycles. The monoisotopic (exact) mass is 351 g/mol. The molecule has 0 aromatic rings. The van der Waals surface area contributed by atoms with E-state index in [1.807, 2.05) is 19.9 Å². The summed E-state index contributed by atoms with van der Waals surface area (Å²) in [6, 6.07) is 0. The molecular weight excluding hydrogens is 318 g/mol. The number of amides is 1. The van der Waals surface area contributed by atoms with Gasteiger partial charge in [-0.2, -0.15) is 0 Å². The Kier molecular flexibility index (Phi) is 12.4. The number of carbonyl (C=O) groups is 2. The number of carbonyl (C=O) groups excluding carboxylic acids is 2. The molecule has 0 aromatic carbocycles. The van der Waals surface area contributed by atoms with Crippen LogP contribution in [0.5, 0.6) is 0 Å². The first-order valence-electron chi connectivity index (χ1n) is 8.84. The summed E-state index contributed by atoms with van der Waals surface area (Å²) in [5.74, 6) is -0.242. The summed E-state index contributed by atoms with van der Waals surface area (Å²) in [6.07, 6.45) is 8.28. The molecule has 25 heavy (non-hydrogen) atoms. The molecule has 0 radical (unpaired) electrons. The summed E-state index contributed by atoms with van der Waals surface area (Å²) in [5, 5.41) is 2.84. The molecule has 142 valence electrons. The van der Waals surface area contributed by atoms with Crippen molar-refractivity contribution in [3.8, 4) is 0 Å². The second kappa shape index (κ2) is 13.4. The van der Waals surface area contributed by atoms with E-state index in [1.165, 1.54) is 13.0 Å². The van der Waals surface area contributed by atoms with Crippen molar-refractivity contribution in [1.29, 1.82) is 0 Å². The molecule has 0 saturated heterocycles. The lowest BCUT2D eigenvalue weighted by atomic mass is 9.97. The number of nitrogens with one attached hydrogen (secondary N) is 1. The Bertz CT molecular complexity index is 482. The van der Waals surface area contributed by atoms with Crippen LogP contribution in [-0.4, -0.2) is 37.2 Å². The smallest absolute Gasteiger partial charge is 0.303 e. The van der Waals surface area contributed by atoms with Gasteiger partial charge in [-0.1, -0.05) is 31.2 Å². The van der Waals surface area contributed by atoms with Gasteiger partial charge < -0.3 is 14.8 Å². The zero-order chi connectivity index (χ0) is 19.2. The first-order valence-corrected chi connectivity index (χ1v) is 8.84. The van der Waals surface area contributed by atoms with Gasteiger partial charge in [0.2, 0.25) is 5.91 Å². The Balaban J connectivity index is 4.29. The minimum Gasteiger partial charge on any atom is -0.459 e. The van der Waals surface area contributed by atoms with Crippen LogP contribution in [0.1, 0.15) is 47.5 Å². The van der Waals surface area contributed by atoms with Crippen LogP contribution in [0.15, 0.2) is 36.5 Å². The van der Waals surface area contributed by atoms with E-state index in [4.69, 9.17) is 9.47 Å². The van der Waals surface area contributed by atoms with E-state index >= 15 is 0 Å². The van der Waals surface area contributed by atoms with Gasteiger partial charge in [0.15, 0.2) is 0 Å². The number of allylic oxidation sites excluding steroid dienone is 2. The molecule has 0 unspecified atom stereocenters. The molecule has 0 bridgehead atoms.